The summed E-state index contributed by atoms with van der Waals surface area (Å²) in [5, 5.41) is 0.0993. The number of hydrogen-bond donors (Lipinski definition) is 1. The molecule has 0 aromatic heterocycles. The molecule has 1 aliphatic heterocycles. The van der Waals surface area contributed by atoms with E-state index in [2.05, 4.69) is 81.6 Å². The smallest absolute Gasteiger partial charge is 0.192 e. The van der Waals surface area contributed by atoms with E-state index in [4.69, 9.17) is 19.3 Å². The number of ketones is 2. The number of hydrogen-bond acceptors (Lipinski definition) is 6. The zero-order valence-electron chi connectivity index (χ0n) is 23.4. The number of nitrogens with two attached hydrogens (primary N) is 1. The third kappa shape index (κ3) is 8.35. The van der Waals surface area contributed by atoms with Gasteiger partial charge in [-0.05, 0) is 48.6 Å². The average Bonchev–Trinajstić information content (AvgIpc) is 3.42. The van der Waals surface area contributed by atoms with Gasteiger partial charge in [-0.25, -0.2) is 0 Å². The quantitative estimate of drug-likeness (QED) is 0.271. The summed E-state index contributed by atoms with van der Waals surface area (Å²) in [5.41, 5.74) is 5.32. The van der Waals surface area contributed by atoms with Gasteiger partial charge in [-0.1, -0.05) is 55.4 Å². The van der Waals surface area contributed by atoms with E-state index in [0.29, 0.717) is 13.0 Å². The second kappa shape index (κ2) is 10.7. The highest BCUT2D eigenvalue weighted by atomic mass is 28.4. The molecule has 0 bridgehead atoms. The number of carbonyl (C=O) groups excluding carboxylic acids is 2. The second-order valence-corrected chi connectivity index (χ2v) is 23.0. The van der Waals surface area contributed by atoms with E-state index in [9.17, 15) is 9.59 Å². The van der Waals surface area contributed by atoms with Gasteiger partial charge in [-0.3, -0.25) is 9.59 Å². The van der Waals surface area contributed by atoms with Crippen molar-refractivity contribution < 1.29 is 23.2 Å². The minimum Gasteiger partial charge on any atom is -0.415 e. The van der Waals surface area contributed by atoms with Crippen LogP contribution in [0.25, 0.3) is 0 Å². The van der Waals surface area contributed by atoms with Crippen LogP contribution in [0.5, 0.6) is 0 Å². The number of Topliss-reactive ketones (excluding diaryl/α,β-unsaturated/α-hetero) is 2. The van der Waals surface area contributed by atoms with Gasteiger partial charge < -0.3 is 19.3 Å². The van der Waals surface area contributed by atoms with Crippen LogP contribution < -0.4 is 5.73 Å². The van der Waals surface area contributed by atoms with Crippen molar-refractivity contribution in [2.45, 2.75) is 116 Å². The fourth-order valence-corrected chi connectivity index (χ4v) is 5.18. The zero-order chi connectivity index (χ0) is 26.0. The molecule has 0 aliphatic carbocycles. The van der Waals surface area contributed by atoms with Crippen molar-refractivity contribution in [3.05, 3.63) is 0 Å². The summed E-state index contributed by atoms with van der Waals surface area (Å²) in [6.07, 6.45) is 0.760. The van der Waals surface area contributed by atoms with E-state index in [1.807, 2.05) is 0 Å². The third-order valence-electron chi connectivity index (χ3n) is 7.83. The van der Waals surface area contributed by atoms with E-state index in [1.54, 1.807) is 0 Å². The normalized spacial score (nSPS) is 21.8. The summed E-state index contributed by atoms with van der Waals surface area (Å²) >= 11 is 0. The van der Waals surface area contributed by atoms with E-state index >= 15 is 0 Å². The number of epoxide rings is 1. The maximum absolute atomic E-state index is 13.5. The van der Waals surface area contributed by atoms with Crippen LogP contribution >= 0.6 is 0 Å². The maximum atomic E-state index is 13.5. The first-order valence-corrected chi connectivity index (χ1v) is 18.2. The molecule has 1 unspecified atom stereocenters. The highest BCUT2D eigenvalue weighted by Crippen LogP contribution is 2.41. The van der Waals surface area contributed by atoms with Crippen molar-refractivity contribution in [3.63, 3.8) is 0 Å². The Labute approximate surface area is 205 Å². The van der Waals surface area contributed by atoms with Gasteiger partial charge in [0.05, 0.1) is 25.9 Å². The van der Waals surface area contributed by atoms with Gasteiger partial charge in [-0.2, -0.15) is 0 Å². The Kier molecular flexibility index (Phi) is 9.94. The van der Waals surface area contributed by atoms with Gasteiger partial charge in [0.1, 0.15) is 0 Å². The van der Waals surface area contributed by atoms with E-state index in [0.717, 1.165) is 0 Å². The summed E-state index contributed by atoms with van der Waals surface area (Å²) in [7, 11) is -4.01. The molecule has 33 heavy (non-hydrogen) atoms. The van der Waals surface area contributed by atoms with Gasteiger partial charge in [0, 0.05) is 12.3 Å². The lowest BCUT2D eigenvalue weighted by molar-refractivity contribution is -0.133. The maximum Gasteiger partial charge on any atom is 0.192 e. The molecule has 0 aromatic carbocycles. The average molecular weight is 502 g/mol. The Morgan fingerprint density at radius 3 is 1.82 bits per heavy atom. The topological polar surface area (TPSA) is 91.2 Å². The van der Waals surface area contributed by atoms with E-state index in [1.165, 1.54) is 0 Å². The SMILES string of the molecule is CC(C)C[C@H](CC(=O)[C@@H](N)CO[Si](C)(C)C(C)(C)C)C(=O)C1(CO[Si](C)(C)C(C)(C)C)CO1. The lowest BCUT2D eigenvalue weighted by Gasteiger charge is -2.37. The Bertz CT molecular complexity index is 688. The lowest BCUT2D eigenvalue weighted by Crippen LogP contribution is -2.48. The molecular weight excluding hydrogens is 450 g/mol. The fraction of sp³-hybridized carbons (Fsp3) is 0.920. The van der Waals surface area contributed by atoms with Crippen molar-refractivity contribution in [2.75, 3.05) is 19.8 Å². The third-order valence-corrected chi connectivity index (χ3v) is 16.8. The molecule has 3 atom stereocenters. The summed E-state index contributed by atoms with van der Waals surface area (Å²) in [4.78, 5) is 26.5. The van der Waals surface area contributed by atoms with Crippen LogP contribution in [0.15, 0.2) is 0 Å². The summed E-state index contributed by atoms with van der Waals surface area (Å²) in [5.74, 6) is -0.264. The molecule has 0 radical (unpaired) electrons. The van der Waals surface area contributed by atoms with Gasteiger partial charge in [0.25, 0.3) is 0 Å². The Hall–Kier alpha value is -0.386. The van der Waals surface area contributed by atoms with Crippen LogP contribution in [0.2, 0.25) is 36.3 Å². The van der Waals surface area contributed by atoms with Crippen LogP contribution in [0, 0.1) is 11.8 Å². The first kappa shape index (κ1) is 30.6. The molecule has 1 fully saturated rings. The monoisotopic (exact) mass is 501 g/mol. The molecule has 194 valence electrons. The minimum absolute atomic E-state index is 0.0132. The molecule has 1 saturated heterocycles. The Balaban J connectivity index is 2.85. The van der Waals surface area contributed by atoms with Crippen LogP contribution in [-0.4, -0.2) is 59.7 Å². The number of carbonyl (C=O) groups is 2. The Morgan fingerprint density at radius 1 is 0.970 bits per heavy atom. The molecule has 0 spiro atoms. The van der Waals surface area contributed by atoms with Gasteiger partial charge >= 0.3 is 0 Å². The van der Waals surface area contributed by atoms with Crippen LogP contribution in [-0.2, 0) is 23.2 Å². The van der Waals surface area contributed by atoms with Crippen LogP contribution in [0.1, 0.15) is 68.2 Å². The predicted octanol–water partition coefficient (Wildman–Crippen LogP) is 5.32. The van der Waals surface area contributed by atoms with Gasteiger partial charge in [0.2, 0.25) is 0 Å². The number of ether oxygens (including phenoxy) is 1. The lowest BCUT2D eigenvalue weighted by atomic mass is 9.83. The van der Waals surface area contributed by atoms with Crippen molar-refractivity contribution in [1.82, 2.24) is 0 Å². The van der Waals surface area contributed by atoms with Crippen molar-refractivity contribution in [2.24, 2.45) is 17.6 Å². The molecule has 0 aromatic rings. The van der Waals surface area contributed by atoms with Gasteiger partial charge in [0.15, 0.2) is 33.8 Å². The van der Waals surface area contributed by atoms with E-state index < -0.39 is 34.2 Å². The highest BCUT2D eigenvalue weighted by molar-refractivity contribution is 6.74. The molecular formula is C25H51NO5Si2. The first-order chi connectivity index (χ1) is 14.7. The molecule has 1 rings (SSSR count). The molecule has 6 nitrogen and oxygen atoms in total. The Morgan fingerprint density at radius 2 is 1.42 bits per heavy atom. The van der Waals surface area contributed by atoms with Crippen molar-refractivity contribution in [3.8, 4) is 0 Å². The molecule has 1 aliphatic rings. The summed E-state index contributed by atoms with van der Waals surface area (Å²) in [6.45, 7) is 26.6. The van der Waals surface area contributed by atoms with Crippen molar-refractivity contribution in [1.29, 1.82) is 0 Å². The molecule has 0 amide bonds. The fourth-order valence-electron chi connectivity index (χ4n) is 3.12. The molecule has 0 saturated carbocycles. The largest absolute Gasteiger partial charge is 0.415 e. The van der Waals surface area contributed by atoms with Crippen LogP contribution in [0.3, 0.4) is 0 Å². The first-order valence-electron chi connectivity index (χ1n) is 12.4. The second-order valence-electron chi connectivity index (χ2n) is 13.4. The van der Waals surface area contributed by atoms with E-state index in [-0.39, 0.29) is 47.2 Å². The molecule has 1 heterocycles. The summed E-state index contributed by atoms with van der Waals surface area (Å²) < 4.78 is 18.2. The minimum atomic E-state index is -2.01. The number of rotatable bonds is 13. The standard InChI is InChI=1S/C25H51NO5Si2/c1-18(2)13-19(14-21(27)20(26)15-30-32(9,10)23(3,4)5)22(28)25(16-29-25)17-31-33(11,12)24(6,7)8/h18-20H,13-17,26H2,1-12H3/t19-,20+,25?/m1/s1. The summed E-state index contributed by atoms with van der Waals surface area (Å²) in [6, 6.07) is -0.721. The highest BCUT2D eigenvalue weighted by Gasteiger charge is 2.56. The zero-order valence-corrected chi connectivity index (χ0v) is 25.4. The molecule has 2 N–H and O–H groups in total. The molecule has 8 heteroatoms. The van der Waals surface area contributed by atoms with Crippen molar-refractivity contribution >= 4 is 28.2 Å². The van der Waals surface area contributed by atoms with Gasteiger partial charge in [-0.15, -0.1) is 0 Å². The predicted molar refractivity (Wildman–Crippen MR) is 141 cm³/mol. The van der Waals surface area contributed by atoms with Crippen LogP contribution in [0.4, 0.5) is 0 Å².